The van der Waals surface area contributed by atoms with E-state index in [-0.39, 0.29) is 43.1 Å². The van der Waals surface area contributed by atoms with E-state index in [4.69, 9.17) is 13.3 Å². The summed E-state index contributed by atoms with van der Waals surface area (Å²) in [6.07, 6.45) is 0. The van der Waals surface area contributed by atoms with Crippen molar-refractivity contribution in [1.82, 2.24) is 0 Å². The summed E-state index contributed by atoms with van der Waals surface area (Å²) in [4.78, 5) is 0. The molecule has 0 rings (SSSR count). The van der Waals surface area contributed by atoms with Gasteiger partial charge in [0.15, 0.2) is 0 Å². The Bertz CT molecular complexity index is 93.3. The monoisotopic (exact) mass is 171 g/mol. The van der Waals surface area contributed by atoms with Crippen LogP contribution in [0.4, 0.5) is 0 Å². The maximum absolute atomic E-state index is 9.11. The Balaban J connectivity index is -0.0000000800. The van der Waals surface area contributed by atoms with Crippen LogP contribution in [0.1, 0.15) is 0 Å². The summed E-state index contributed by atoms with van der Waals surface area (Å²) in [6.45, 7) is 0. The summed E-state index contributed by atoms with van der Waals surface area (Å²) >= 11 is 3.47. The van der Waals surface area contributed by atoms with Crippen LogP contribution in [0, 0.1) is 0 Å². The van der Waals surface area contributed by atoms with E-state index >= 15 is 0 Å². The molecule has 7 heavy (non-hydrogen) atoms. The van der Waals surface area contributed by atoms with E-state index in [1.807, 2.05) is 0 Å². The second-order valence-electron chi connectivity index (χ2n) is 0.448. The third-order valence-corrected chi connectivity index (χ3v) is 0. The minimum absolute atomic E-state index is 0. The molecule has 0 aromatic rings. The molecule has 0 saturated heterocycles. The first-order chi connectivity index (χ1) is 2.00. The van der Waals surface area contributed by atoms with Gasteiger partial charge in [-0.05, 0) is 0 Å². The molecule has 0 amide bonds. The van der Waals surface area contributed by atoms with Crippen LogP contribution in [-0.4, -0.2) is 42.9 Å². The van der Waals surface area contributed by atoms with Gasteiger partial charge in [-0.3, -0.25) is 9.11 Å². The van der Waals surface area contributed by atoms with Gasteiger partial charge < -0.3 is 0 Å². The average Bonchev–Trinajstić information content (AvgIpc) is 0.722. The van der Waals surface area contributed by atoms with Gasteiger partial charge in [-0.1, -0.05) is 0 Å². The molecule has 0 aliphatic carbocycles. The fourth-order valence-corrected chi connectivity index (χ4v) is 0. The van der Waals surface area contributed by atoms with Crippen molar-refractivity contribution < 1.29 is 13.3 Å². The van der Waals surface area contributed by atoms with Gasteiger partial charge in [-0.15, -0.1) is 0 Å². The fraction of sp³-hybridized carbons (Fsp3) is 0. The van der Waals surface area contributed by atoms with Crippen molar-refractivity contribution in [3.05, 3.63) is 0 Å². The van der Waals surface area contributed by atoms with Crippen LogP contribution in [0.5, 0.6) is 0 Å². The van der Waals surface area contributed by atoms with Crippen molar-refractivity contribution in [2.75, 3.05) is 0 Å². The van der Waals surface area contributed by atoms with Gasteiger partial charge in [0.1, 0.15) is 0 Å². The Morgan fingerprint density at radius 2 is 1.43 bits per heavy atom. The van der Waals surface area contributed by atoms with Crippen molar-refractivity contribution >= 4 is 63.3 Å². The Labute approximate surface area is 75.9 Å². The van der Waals surface area contributed by atoms with Crippen molar-refractivity contribution in [3.8, 4) is 0 Å². The van der Waals surface area contributed by atoms with Gasteiger partial charge in [-0.25, -0.2) is 0 Å². The standard InChI is InChI=1S/Na.H2O3S2.H2S/c;1-5(2,3)4;/h;(H2,1,2,3,4);1H2. The van der Waals surface area contributed by atoms with Crippen LogP contribution in [0.2, 0.25) is 0 Å². The molecular weight excluding hydrogens is 167 g/mol. The van der Waals surface area contributed by atoms with Crippen molar-refractivity contribution in [1.29, 1.82) is 0 Å². The van der Waals surface area contributed by atoms with Crippen molar-refractivity contribution in [2.45, 2.75) is 0 Å². The molecule has 0 spiro atoms. The number of rotatable bonds is 0. The van der Waals surface area contributed by atoms with E-state index in [2.05, 4.69) is 11.2 Å². The number of hydrogen-bond donors (Lipinski definition) is 2. The second-order valence-corrected chi connectivity index (χ2v) is 2.65. The van der Waals surface area contributed by atoms with Crippen LogP contribution in [0.3, 0.4) is 0 Å². The van der Waals surface area contributed by atoms with E-state index in [0.29, 0.717) is 0 Å². The van der Waals surface area contributed by atoms with Gasteiger partial charge in [0, 0.05) is 40.7 Å². The maximum Gasteiger partial charge on any atom is 0.263 e. The van der Waals surface area contributed by atoms with Gasteiger partial charge >= 0.3 is 0 Å². The summed E-state index contributed by atoms with van der Waals surface area (Å²) < 4.78 is 24.0. The molecular formula is H4NaO3S3. The fourth-order valence-electron chi connectivity index (χ4n) is 0. The molecule has 0 aromatic carbocycles. The summed E-state index contributed by atoms with van der Waals surface area (Å²) in [5.74, 6) is 0. The molecule has 0 fully saturated rings. The zero-order chi connectivity index (χ0) is 4.50. The molecule has 0 aliphatic rings. The SMILES string of the molecule is O=S(O)(O)=S.S.[Na]. The van der Waals surface area contributed by atoms with Crippen LogP contribution >= 0.6 is 13.5 Å². The third-order valence-electron chi connectivity index (χ3n) is 0. The van der Waals surface area contributed by atoms with E-state index in [9.17, 15) is 0 Å². The predicted octanol–water partition coefficient (Wildman–Crippen LogP) is -0.589. The molecule has 0 heterocycles. The first kappa shape index (κ1) is 15.9. The second kappa shape index (κ2) is 5.77. The molecule has 1 radical (unpaired) electrons. The van der Waals surface area contributed by atoms with E-state index < -0.39 is 9.05 Å². The van der Waals surface area contributed by atoms with Crippen LogP contribution in [0.15, 0.2) is 0 Å². The van der Waals surface area contributed by atoms with E-state index in [1.54, 1.807) is 0 Å². The zero-order valence-corrected chi connectivity index (χ0v) is 8.25. The van der Waals surface area contributed by atoms with Gasteiger partial charge in [0.25, 0.3) is 9.05 Å². The first-order valence-corrected chi connectivity index (χ1v) is 3.10. The Hall–Kier alpha value is 1.64. The number of hydrogen-bond acceptors (Lipinski definition) is 2. The van der Waals surface area contributed by atoms with Crippen LogP contribution < -0.4 is 0 Å². The molecule has 2 N–H and O–H groups in total. The summed E-state index contributed by atoms with van der Waals surface area (Å²) in [7, 11) is -3.83. The minimum Gasteiger partial charge on any atom is -0.285 e. The summed E-state index contributed by atoms with van der Waals surface area (Å²) in [5.41, 5.74) is 0. The average molecular weight is 171 g/mol. The molecule has 41 valence electrons. The third kappa shape index (κ3) is 90.4. The quantitative estimate of drug-likeness (QED) is 0.478. The topological polar surface area (TPSA) is 57.5 Å². The van der Waals surface area contributed by atoms with Crippen LogP contribution in [-0.2, 0) is 20.2 Å². The predicted molar refractivity (Wildman–Crippen MR) is 36.9 cm³/mol. The van der Waals surface area contributed by atoms with Crippen molar-refractivity contribution in [3.63, 3.8) is 0 Å². The zero-order valence-electron chi connectivity index (χ0n) is 3.62. The molecule has 0 aromatic heterocycles. The largest absolute Gasteiger partial charge is 0.285 e. The van der Waals surface area contributed by atoms with E-state index in [1.165, 1.54) is 0 Å². The maximum atomic E-state index is 9.11. The minimum atomic E-state index is -3.83. The normalized spacial score (nSPS) is 8.29. The van der Waals surface area contributed by atoms with Gasteiger partial charge in [0.2, 0.25) is 0 Å². The van der Waals surface area contributed by atoms with Gasteiger partial charge in [0.05, 0.1) is 0 Å². The van der Waals surface area contributed by atoms with Crippen LogP contribution in [0.25, 0.3) is 0 Å². The summed E-state index contributed by atoms with van der Waals surface area (Å²) in [6, 6.07) is 0. The molecule has 7 heteroatoms. The smallest absolute Gasteiger partial charge is 0.263 e. The Kier molecular flexibility index (Phi) is 13.1. The Morgan fingerprint density at radius 1 is 1.43 bits per heavy atom. The first-order valence-electron chi connectivity index (χ1n) is 0.698. The molecule has 0 atom stereocenters. The van der Waals surface area contributed by atoms with Gasteiger partial charge in [-0.2, -0.15) is 17.7 Å². The van der Waals surface area contributed by atoms with Crippen molar-refractivity contribution in [2.24, 2.45) is 0 Å². The molecule has 0 aliphatic heterocycles. The summed E-state index contributed by atoms with van der Waals surface area (Å²) in [5, 5.41) is 0. The molecule has 3 nitrogen and oxygen atoms in total. The Morgan fingerprint density at radius 3 is 1.43 bits per heavy atom. The molecule has 0 bridgehead atoms. The molecule has 0 unspecified atom stereocenters. The molecule has 0 saturated carbocycles. The van der Waals surface area contributed by atoms with E-state index in [0.717, 1.165) is 0 Å².